The van der Waals surface area contributed by atoms with E-state index in [9.17, 15) is 14.4 Å². The number of hydrogen-bond donors (Lipinski definition) is 2. The van der Waals surface area contributed by atoms with Crippen LogP contribution in [0.5, 0.6) is 0 Å². The van der Waals surface area contributed by atoms with Crippen molar-refractivity contribution in [2.45, 2.75) is 23.7 Å². The fraction of sp³-hybridized carbons (Fsp3) is 0.318. The average molecular weight is 375 g/mol. The van der Waals surface area contributed by atoms with Crippen molar-refractivity contribution in [3.8, 4) is 0 Å². The van der Waals surface area contributed by atoms with Crippen LogP contribution in [-0.2, 0) is 25.2 Å². The number of amides is 3. The number of hydrogen-bond acceptors (Lipinski definition) is 3. The van der Waals surface area contributed by atoms with Crippen molar-refractivity contribution >= 4 is 23.4 Å². The van der Waals surface area contributed by atoms with E-state index >= 15 is 0 Å². The van der Waals surface area contributed by atoms with E-state index in [1.165, 1.54) is 0 Å². The molecule has 2 saturated heterocycles. The first kappa shape index (κ1) is 17.0. The summed E-state index contributed by atoms with van der Waals surface area (Å²) in [5.74, 6) is -0.0755. The van der Waals surface area contributed by atoms with Crippen LogP contribution in [0, 0.1) is 0 Å². The maximum atomic E-state index is 13.6. The van der Waals surface area contributed by atoms with Gasteiger partial charge in [0.15, 0.2) is 0 Å². The minimum absolute atomic E-state index is 0.0125. The van der Waals surface area contributed by atoms with Gasteiger partial charge in [-0.1, -0.05) is 48.5 Å². The third-order valence-corrected chi connectivity index (χ3v) is 6.44. The van der Waals surface area contributed by atoms with Crippen molar-refractivity contribution in [3.05, 3.63) is 65.7 Å². The molecule has 0 bridgehead atoms. The van der Waals surface area contributed by atoms with Crippen LogP contribution in [0.4, 0.5) is 5.69 Å². The van der Waals surface area contributed by atoms with Gasteiger partial charge in [0, 0.05) is 31.7 Å². The summed E-state index contributed by atoms with van der Waals surface area (Å²) < 4.78 is 0. The van der Waals surface area contributed by atoms with E-state index in [0.717, 1.165) is 16.8 Å². The second kappa shape index (κ2) is 5.92. The Hall–Kier alpha value is -3.15. The van der Waals surface area contributed by atoms with Crippen LogP contribution in [-0.4, -0.2) is 42.3 Å². The smallest absolute Gasteiger partial charge is 0.238 e. The average Bonchev–Trinajstić information content (AvgIpc) is 3.00. The molecule has 2 N–H and O–H groups in total. The molecule has 0 aromatic heterocycles. The summed E-state index contributed by atoms with van der Waals surface area (Å²) in [4.78, 5) is 39.8. The lowest BCUT2D eigenvalue weighted by molar-refractivity contribution is -0.150. The van der Waals surface area contributed by atoms with E-state index < -0.39 is 10.8 Å². The van der Waals surface area contributed by atoms with Gasteiger partial charge in [-0.15, -0.1) is 0 Å². The van der Waals surface area contributed by atoms with Crippen LogP contribution in [0.3, 0.4) is 0 Å². The monoisotopic (exact) mass is 375 g/mol. The van der Waals surface area contributed by atoms with Gasteiger partial charge in [0.05, 0.1) is 5.41 Å². The summed E-state index contributed by atoms with van der Waals surface area (Å²) in [6.07, 6.45) is 0.802. The maximum absolute atomic E-state index is 13.6. The van der Waals surface area contributed by atoms with E-state index in [1.54, 1.807) is 4.90 Å². The summed E-state index contributed by atoms with van der Waals surface area (Å²) in [5, 5.41) is 5.82. The van der Waals surface area contributed by atoms with Gasteiger partial charge in [-0.3, -0.25) is 14.4 Å². The number of benzene rings is 2. The van der Waals surface area contributed by atoms with Crippen molar-refractivity contribution in [1.82, 2.24) is 10.2 Å². The first-order chi connectivity index (χ1) is 13.6. The predicted octanol–water partition coefficient (Wildman–Crippen LogP) is 1.57. The molecule has 0 saturated carbocycles. The van der Waals surface area contributed by atoms with Crippen LogP contribution in [0.2, 0.25) is 0 Å². The Bertz CT molecular complexity index is 970. The molecule has 0 aliphatic carbocycles. The Morgan fingerprint density at radius 2 is 1.68 bits per heavy atom. The molecule has 1 spiro atoms. The number of nitrogens with zero attached hydrogens (tertiary/aromatic N) is 1. The van der Waals surface area contributed by atoms with Crippen molar-refractivity contribution < 1.29 is 14.4 Å². The lowest BCUT2D eigenvalue weighted by Crippen LogP contribution is -2.68. The third kappa shape index (κ3) is 2.24. The molecule has 6 heteroatoms. The van der Waals surface area contributed by atoms with Crippen molar-refractivity contribution in [2.75, 3.05) is 25.0 Å². The number of piperidine rings is 1. The molecular formula is C22H21N3O3. The normalized spacial score (nSPS) is 24.9. The van der Waals surface area contributed by atoms with Gasteiger partial charge in [0.2, 0.25) is 17.7 Å². The van der Waals surface area contributed by atoms with Gasteiger partial charge in [-0.25, -0.2) is 0 Å². The lowest BCUT2D eigenvalue weighted by atomic mass is 9.69. The molecule has 28 heavy (non-hydrogen) atoms. The molecular weight excluding hydrogens is 354 g/mol. The Kier molecular flexibility index (Phi) is 3.59. The number of anilines is 1. The summed E-state index contributed by atoms with van der Waals surface area (Å²) >= 11 is 0. The molecule has 2 fully saturated rings. The van der Waals surface area contributed by atoms with E-state index in [4.69, 9.17) is 0 Å². The van der Waals surface area contributed by atoms with Gasteiger partial charge >= 0.3 is 0 Å². The zero-order valence-electron chi connectivity index (χ0n) is 15.4. The SMILES string of the molecule is O=C1CCC(C(=O)N2CC3(C2)C(=O)Nc2ccccc23)(c2ccccc2)CN1. The first-order valence-electron chi connectivity index (χ1n) is 9.58. The number of likely N-dealkylation sites (tertiary alicyclic amines) is 1. The zero-order valence-corrected chi connectivity index (χ0v) is 15.4. The molecule has 3 heterocycles. The molecule has 2 aromatic rings. The standard InChI is InChI=1S/C22H21N3O3/c26-18-10-11-21(12-23-18,15-6-2-1-3-7-15)20(28)25-13-22(14-25)16-8-4-5-9-17(16)24-19(22)27/h1-9H,10-14H2,(H,23,26)(H,24,27). The molecule has 0 radical (unpaired) electrons. The largest absolute Gasteiger partial charge is 0.355 e. The highest BCUT2D eigenvalue weighted by Gasteiger charge is 2.59. The molecule has 6 nitrogen and oxygen atoms in total. The summed E-state index contributed by atoms with van der Waals surface area (Å²) in [5.41, 5.74) is 1.29. The Morgan fingerprint density at radius 1 is 0.964 bits per heavy atom. The highest BCUT2D eigenvalue weighted by molar-refractivity contribution is 6.08. The van der Waals surface area contributed by atoms with E-state index in [-0.39, 0.29) is 17.7 Å². The highest BCUT2D eigenvalue weighted by atomic mass is 16.2. The quantitative estimate of drug-likeness (QED) is 0.836. The van der Waals surface area contributed by atoms with E-state index in [0.29, 0.717) is 32.5 Å². The molecule has 3 aliphatic rings. The predicted molar refractivity (Wildman–Crippen MR) is 104 cm³/mol. The topological polar surface area (TPSA) is 78.5 Å². The van der Waals surface area contributed by atoms with Crippen LogP contribution in [0.1, 0.15) is 24.0 Å². The van der Waals surface area contributed by atoms with Gasteiger partial charge in [-0.05, 0) is 23.6 Å². The number of nitrogens with one attached hydrogen (secondary N) is 2. The minimum Gasteiger partial charge on any atom is -0.355 e. The zero-order chi connectivity index (χ0) is 19.4. The summed E-state index contributed by atoms with van der Waals surface area (Å²) in [7, 11) is 0. The Labute approximate surface area is 162 Å². The minimum atomic E-state index is -0.772. The molecule has 3 aliphatic heterocycles. The van der Waals surface area contributed by atoms with Crippen molar-refractivity contribution in [1.29, 1.82) is 0 Å². The Morgan fingerprint density at radius 3 is 2.39 bits per heavy atom. The molecule has 142 valence electrons. The van der Waals surface area contributed by atoms with Gasteiger partial charge in [-0.2, -0.15) is 0 Å². The Balaban J connectivity index is 1.45. The molecule has 2 aromatic carbocycles. The van der Waals surface area contributed by atoms with Gasteiger partial charge in [0.1, 0.15) is 5.41 Å². The van der Waals surface area contributed by atoms with Gasteiger partial charge < -0.3 is 15.5 Å². The van der Waals surface area contributed by atoms with Crippen LogP contribution in [0.15, 0.2) is 54.6 Å². The molecule has 5 rings (SSSR count). The van der Waals surface area contributed by atoms with Gasteiger partial charge in [0.25, 0.3) is 0 Å². The molecule has 1 atom stereocenters. The third-order valence-electron chi connectivity index (χ3n) is 6.44. The lowest BCUT2D eigenvalue weighted by Gasteiger charge is -2.50. The van der Waals surface area contributed by atoms with Crippen molar-refractivity contribution in [3.63, 3.8) is 0 Å². The van der Waals surface area contributed by atoms with Crippen LogP contribution in [0.25, 0.3) is 0 Å². The number of para-hydroxylation sites is 1. The summed E-state index contributed by atoms with van der Waals surface area (Å²) in [6, 6.07) is 17.3. The van der Waals surface area contributed by atoms with Crippen LogP contribution >= 0.6 is 0 Å². The molecule has 3 amide bonds. The second-order valence-electron chi connectivity index (χ2n) is 7.97. The van der Waals surface area contributed by atoms with E-state index in [1.807, 2.05) is 54.6 Å². The highest BCUT2D eigenvalue weighted by Crippen LogP contribution is 2.46. The van der Waals surface area contributed by atoms with E-state index in [2.05, 4.69) is 10.6 Å². The summed E-state index contributed by atoms with van der Waals surface area (Å²) in [6.45, 7) is 1.04. The van der Waals surface area contributed by atoms with Crippen LogP contribution < -0.4 is 10.6 Å². The fourth-order valence-corrected chi connectivity index (χ4v) is 4.80. The maximum Gasteiger partial charge on any atom is 0.238 e. The van der Waals surface area contributed by atoms with Crippen molar-refractivity contribution in [2.24, 2.45) is 0 Å². The fourth-order valence-electron chi connectivity index (χ4n) is 4.80. The molecule has 1 unspecified atom stereocenters. The number of rotatable bonds is 2. The number of fused-ring (bicyclic) bond motifs is 2. The second-order valence-corrected chi connectivity index (χ2v) is 7.97. The first-order valence-corrected chi connectivity index (χ1v) is 9.58. The number of carbonyl (C=O) groups excluding carboxylic acids is 3. The number of carbonyl (C=O) groups is 3.